The van der Waals surface area contributed by atoms with E-state index in [1.807, 2.05) is 32.9 Å². The van der Waals surface area contributed by atoms with Gasteiger partial charge in [-0.1, -0.05) is 12.1 Å². The van der Waals surface area contributed by atoms with Gasteiger partial charge in [-0.15, -0.1) is 0 Å². The Morgan fingerprint density at radius 3 is 2.46 bits per heavy atom. The predicted octanol–water partition coefficient (Wildman–Crippen LogP) is 1.79. The monoisotopic (exact) mass is 330 g/mol. The van der Waals surface area contributed by atoms with Crippen LogP contribution in [0, 0.1) is 0 Å². The van der Waals surface area contributed by atoms with E-state index < -0.39 is 12.1 Å². The highest BCUT2D eigenvalue weighted by molar-refractivity contribution is 5.92. The SMILES string of the molecule is C[C@@H](OC(=O)c1ccc(Cn2cncn2)cc1)C(=O)NC(C)(C)C. The Bertz CT molecular complexity index is 688. The number of benzene rings is 1. The number of carbonyl (C=O) groups is 2. The second kappa shape index (κ2) is 7.25. The van der Waals surface area contributed by atoms with E-state index in [-0.39, 0.29) is 11.4 Å². The summed E-state index contributed by atoms with van der Waals surface area (Å²) >= 11 is 0. The maximum atomic E-state index is 12.1. The number of aromatic nitrogens is 3. The van der Waals surface area contributed by atoms with Crippen LogP contribution >= 0.6 is 0 Å². The highest BCUT2D eigenvalue weighted by Crippen LogP contribution is 2.09. The van der Waals surface area contributed by atoms with Crippen molar-refractivity contribution in [3.05, 3.63) is 48.0 Å². The van der Waals surface area contributed by atoms with E-state index in [2.05, 4.69) is 15.4 Å². The van der Waals surface area contributed by atoms with Crippen LogP contribution in [0.5, 0.6) is 0 Å². The number of hydrogen-bond donors (Lipinski definition) is 1. The molecule has 1 heterocycles. The maximum Gasteiger partial charge on any atom is 0.338 e. The smallest absolute Gasteiger partial charge is 0.338 e. The first-order chi connectivity index (χ1) is 11.2. The molecule has 0 aliphatic heterocycles. The van der Waals surface area contributed by atoms with Crippen molar-refractivity contribution in [1.29, 1.82) is 0 Å². The summed E-state index contributed by atoms with van der Waals surface area (Å²) < 4.78 is 6.90. The molecule has 1 aromatic carbocycles. The number of esters is 1. The van der Waals surface area contributed by atoms with Gasteiger partial charge in [-0.05, 0) is 45.4 Å². The van der Waals surface area contributed by atoms with Crippen molar-refractivity contribution in [2.45, 2.75) is 45.9 Å². The number of nitrogens with one attached hydrogen (secondary N) is 1. The van der Waals surface area contributed by atoms with E-state index in [1.165, 1.54) is 6.33 Å². The van der Waals surface area contributed by atoms with Crippen molar-refractivity contribution in [3.63, 3.8) is 0 Å². The first kappa shape index (κ1) is 17.7. The molecule has 1 N–H and O–H groups in total. The minimum atomic E-state index is -0.855. The third kappa shape index (κ3) is 5.19. The number of amides is 1. The zero-order valence-electron chi connectivity index (χ0n) is 14.3. The quantitative estimate of drug-likeness (QED) is 0.845. The fourth-order valence-electron chi connectivity index (χ4n) is 2.00. The Morgan fingerprint density at radius 2 is 1.92 bits per heavy atom. The van der Waals surface area contributed by atoms with Gasteiger partial charge in [-0.3, -0.25) is 4.79 Å². The molecule has 1 atom stereocenters. The lowest BCUT2D eigenvalue weighted by Crippen LogP contribution is -2.46. The molecule has 1 aromatic heterocycles. The summed E-state index contributed by atoms with van der Waals surface area (Å²) in [4.78, 5) is 28.0. The second-order valence-electron chi connectivity index (χ2n) is 6.58. The van der Waals surface area contributed by atoms with E-state index in [9.17, 15) is 9.59 Å². The Hall–Kier alpha value is -2.70. The minimum absolute atomic E-state index is 0.321. The van der Waals surface area contributed by atoms with Crippen molar-refractivity contribution < 1.29 is 14.3 Å². The van der Waals surface area contributed by atoms with Crippen LogP contribution in [0.15, 0.2) is 36.9 Å². The first-order valence-electron chi connectivity index (χ1n) is 7.69. The molecule has 0 spiro atoms. The summed E-state index contributed by atoms with van der Waals surface area (Å²) in [5.41, 5.74) is 1.00. The lowest BCUT2D eigenvalue weighted by Gasteiger charge is -2.23. The van der Waals surface area contributed by atoms with Gasteiger partial charge in [0.25, 0.3) is 5.91 Å². The van der Waals surface area contributed by atoms with Crippen molar-refractivity contribution >= 4 is 11.9 Å². The number of nitrogens with zero attached hydrogens (tertiary/aromatic N) is 3. The molecule has 0 unspecified atom stereocenters. The van der Waals surface area contributed by atoms with Gasteiger partial charge in [0.2, 0.25) is 0 Å². The maximum absolute atomic E-state index is 12.1. The average molecular weight is 330 g/mol. The lowest BCUT2D eigenvalue weighted by atomic mass is 10.1. The number of rotatable bonds is 5. The molecule has 2 rings (SSSR count). The van der Waals surface area contributed by atoms with E-state index >= 15 is 0 Å². The summed E-state index contributed by atoms with van der Waals surface area (Å²) in [5.74, 6) is -0.850. The summed E-state index contributed by atoms with van der Waals surface area (Å²) in [6.45, 7) is 7.73. The predicted molar refractivity (Wildman–Crippen MR) is 88.3 cm³/mol. The second-order valence-corrected chi connectivity index (χ2v) is 6.58. The zero-order chi connectivity index (χ0) is 17.7. The van der Waals surface area contributed by atoms with Crippen molar-refractivity contribution in [1.82, 2.24) is 20.1 Å². The molecule has 1 amide bonds. The summed E-state index contributed by atoms with van der Waals surface area (Å²) in [6, 6.07) is 6.97. The van der Waals surface area contributed by atoms with E-state index in [4.69, 9.17) is 4.74 Å². The van der Waals surface area contributed by atoms with E-state index in [0.717, 1.165) is 5.56 Å². The molecule has 0 saturated carbocycles. The van der Waals surface area contributed by atoms with Gasteiger partial charge in [0.1, 0.15) is 12.7 Å². The van der Waals surface area contributed by atoms with Crippen LogP contribution in [0.25, 0.3) is 0 Å². The molecule has 0 bridgehead atoms. The van der Waals surface area contributed by atoms with Crippen molar-refractivity contribution in [3.8, 4) is 0 Å². The third-order valence-corrected chi connectivity index (χ3v) is 3.15. The molecule has 0 radical (unpaired) electrons. The minimum Gasteiger partial charge on any atom is -0.449 e. The molecule has 2 aromatic rings. The third-order valence-electron chi connectivity index (χ3n) is 3.15. The van der Waals surface area contributed by atoms with E-state index in [0.29, 0.717) is 12.1 Å². The largest absolute Gasteiger partial charge is 0.449 e. The Kier molecular flexibility index (Phi) is 5.33. The molecular weight excluding hydrogens is 308 g/mol. The average Bonchev–Trinajstić information content (AvgIpc) is 2.99. The van der Waals surface area contributed by atoms with Gasteiger partial charge in [0.05, 0.1) is 12.1 Å². The van der Waals surface area contributed by atoms with Crippen molar-refractivity contribution in [2.75, 3.05) is 0 Å². The molecule has 24 heavy (non-hydrogen) atoms. The molecule has 0 aliphatic carbocycles. The van der Waals surface area contributed by atoms with Crippen LogP contribution in [-0.2, 0) is 16.1 Å². The van der Waals surface area contributed by atoms with Gasteiger partial charge in [-0.25, -0.2) is 14.5 Å². The number of ether oxygens (including phenoxy) is 1. The Labute approximate surface area is 141 Å². The van der Waals surface area contributed by atoms with Gasteiger partial charge < -0.3 is 10.1 Å². The molecule has 7 nitrogen and oxygen atoms in total. The van der Waals surface area contributed by atoms with Gasteiger partial charge >= 0.3 is 5.97 Å². The summed E-state index contributed by atoms with van der Waals surface area (Å²) in [5, 5.41) is 6.80. The Balaban J connectivity index is 1.93. The molecule has 0 aliphatic rings. The van der Waals surface area contributed by atoms with Gasteiger partial charge in [-0.2, -0.15) is 5.10 Å². The van der Waals surface area contributed by atoms with Crippen LogP contribution < -0.4 is 5.32 Å². The fourth-order valence-corrected chi connectivity index (χ4v) is 2.00. The van der Waals surface area contributed by atoms with Crippen LogP contribution in [0.3, 0.4) is 0 Å². The number of hydrogen-bond acceptors (Lipinski definition) is 5. The molecule has 0 saturated heterocycles. The summed E-state index contributed by atoms with van der Waals surface area (Å²) in [7, 11) is 0. The first-order valence-corrected chi connectivity index (χ1v) is 7.69. The number of carbonyl (C=O) groups excluding carboxylic acids is 2. The highest BCUT2D eigenvalue weighted by Gasteiger charge is 2.22. The van der Waals surface area contributed by atoms with Crippen LogP contribution in [0.1, 0.15) is 43.6 Å². The van der Waals surface area contributed by atoms with Crippen LogP contribution in [0.2, 0.25) is 0 Å². The standard InChI is InChI=1S/C17H22N4O3/c1-12(15(22)20-17(2,3)4)24-16(23)14-7-5-13(6-8-14)9-21-11-18-10-19-21/h5-8,10-12H,9H2,1-4H3,(H,20,22)/t12-/m1/s1. The summed E-state index contributed by atoms with van der Waals surface area (Å²) in [6.07, 6.45) is 2.24. The molecule has 7 heteroatoms. The highest BCUT2D eigenvalue weighted by atomic mass is 16.5. The van der Waals surface area contributed by atoms with Crippen LogP contribution in [0.4, 0.5) is 0 Å². The fraction of sp³-hybridized carbons (Fsp3) is 0.412. The lowest BCUT2D eigenvalue weighted by molar-refractivity contribution is -0.130. The topological polar surface area (TPSA) is 86.1 Å². The van der Waals surface area contributed by atoms with E-state index in [1.54, 1.807) is 30.1 Å². The molecular formula is C17H22N4O3. The van der Waals surface area contributed by atoms with Gasteiger partial charge in [0.15, 0.2) is 6.10 Å². The zero-order valence-corrected chi connectivity index (χ0v) is 14.3. The molecule has 0 fully saturated rings. The van der Waals surface area contributed by atoms with Gasteiger partial charge in [0, 0.05) is 5.54 Å². The normalized spacial score (nSPS) is 12.5. The molecule has 128 valence electrons. The van der Waals surface area contributed by atoms with Crippen LogP contribution in [-0.4, -0.2) is 38.3 Å². The Morgan fingerprint density at radius 1 is 1.25 bits per heavy atom. The van der Waals surface area contributed by atoms with Crippen molar-refractivity contribution in [2.24, 2.45) is 0 Å².